The Labute approximate surface area is 165 Å². The van der Waals surface area contributed by atoms with E-state index in [-0.39, 0.29) is 0 Å². The Morgan fingerprint density at radius 3 is 2.36 bits per heavy atom. The lowest BCUT2D eigenvalue weighted by molar-refractivity contribution is 0.354. The Morgan fingerprint density at radius 2 is 1.57 bits per heavy atom. The summed E-state index contributed by atoms with van der Waals surface area (Å²) < 4.78 is 10.6. The van der Waals surface area contributed by atoms with Crippen LogP contribution in [0.5, 0.6) is 11.5 Å². The number of hydrogen-bond acceptors (Lipinski definition) is 7. The summed E-state index contributed by atoms with van der Waals surface area (Å²) in [5.74, 6) is 2.66. The summed E-state index contributed by atoms with van der Waals surface area (Å²) in [5, 5.41) is 14.5. The maximum Gasteiger partial charge on any atom is 0.244 e. The van der Waals surface area contributed by atoms with Crippen LogP contribution in [0.3, 0.4) is 0 Å². The third-order valence-electron chi connectivity index (χ3n) is 4.27. The largest absolute Gasteiger partial charge is 0.493 e. The molecule has 3 aromatic rings. The first-order valence-electron chi connectivity index (χ1n) is 9.21. The lowest BCUT2D eigenvalue weighted by Crippen LogP contribution is -2.12. The van der Waals surface area contributed by atoms with Gasteiger partial charge < -0.3 is 20.1 Å². The molecular formula is C21H25N5O2. The quantitative estimate of drug-likeness (QED) is 0.560. The molecule has 7 nitrogen and oxygen atoms in total. The molecule has 7 heteroatoms. The van der Waals surface area contributed by atoms with E-state index in [0.717, 1.165) is 36.4 Å². The summed E-state index contributed by atoms with van der Waals surface area (Å²) >= 11 is 0. The smallest absolute Gasteiger partial charge is 0.244 e. The average Bonchev–Trinajstić information content (AvgIpc) is 2.75. The Bertz CT molecular complexity index is 874. The normalized spacial score (nSPS) is 10.4. The van der Waals surface area contributed by atoms with Crippen LogP contribution in [0.15, 0.2) is 54.7 Å². The predicted octanol–water partition coefficient (Wildman–Crippen LogP) is 3.20. The standard InChI is InChI=1S/C21H25N5O2/c1-27-18-9-8-17(14-19(18)28-2)11-13-23-21-25-20(15-24-26-21)22-12-10-16-6-4-3-5-7-16/h3-9,14-15H,10-13H2,1-2H3,(H2,22,23,25,26). The third-order valence-corrected chi connectivity index (χ3v) is 4.27. The Balaban J connectivity index is 1.48. The number of methoxy groups -OCH3 is 2. The van der Waals surface area contributed by atoms with Crippen LogP contribution in [-0.4, -0.2) is 42.5 Å². The van der Waals surface area contributed by atoms with E-state index in [9.17, 15) is 0 Å². The third kappa shape index (κ3) is 5.57. The maximum absolute atomic E-state index is 5.34. The zero-order valence-corrected chi connectivity index (χ0v) is 16.2. The number of hydrogen-bond donors (Lipinski definition) is 2. The molecule has 0 bridgehead atoms. The molecular weight excluding hydrogens is 354 g/mol. The zero-order chi connectivity index (χ0) is 19.6. The van der Waals surface area contributed by atoms with E-state index in [2.05, 4.69) is 37.9 Å². The summed E-state index contributed by atoms with van der Waals surface area (Å²) in [6.45, 7) is 1.47. The molecule has 0 saturated heterocycles. The second kappa shape index (κ2) is 10.1. The monoisotopic (exact) mass is 379 g/mol. The van der Waals surface area contributed by atoms with Crippen molar-refractivity contribution in [2.24, 2.45) is 0 Å². The Kier molecular flexibility index (Phi) is 7.01. The lowest BCUT2D eigenvalue weighted by Gasteiger charge is -2.10. The van der Waals surface area contributed by atoms with Crippen molar-refractivity contribution in [3.05, 3.63) is 65.9 Å². The molecule has 0 aliphatic heterocycles. The van der Waals surface area contributed by atoms with Gasteiger partial charge in [0.1, 0.15) is 0 Å². The first-order chi connectivity index (χ1) is 13.8. The van der Waals surface area contributed by atoms with Gasteiger partial charge in [-0.3, -0.25) is 0 Å². The summed E-state index contributed by atoms with van der Waals surface area (Å²) in [5.41, 5.74) is 2.42. The van der Waals surface area contributed by atoms with Crippen LogP contribution in [0.4, 0.5) is 11.8 Å². The summed E-state index contributed by atoms with van der Waals surface area (Å²) in [6.07, 6.45) is 3.35. The van der Waals surface area contributed by atoms with Crippen LogP contribution in [0.25, 0.3) is 0 Å². The predicted molar refractivity (Wildman–Crippen MR) is 110 cm³/mol. The lowest BCUT2D eigenvalue weighted by atomic mass is 10.1. The van der Waals surface area contributed by atoms with Crippen LogP contribution < -0.4 is 20.1 Å². The fourth-order valence-electron chi connectivity index (χ4n) is 2.80. The molecule has 0 atom stereocenters. The number of nitrogens with one attached hydrogen (secondary N) is 2. The fourth-order valence-corrected chi connectivity index (χ4v) is 2.80. The van der Waals surface area contributed by atoms with Gasteiger partial charge in [0, 0.05) is 13.1 Å². The SMILES string of the molecule is COc1ccc(CCNc2nncc(NCCc3ccccc3)n2)cc1OC. The van der Waals surface area contributed by atoms with Crippen LogP contribution in [0, 0.1) is 0 Å². The van der Waals surface area contributed by atoms with E-state index in [0.29, 0.717) is 18.3 Å². The van der Waals surface area contributed by atoms with Crippen molar-refractivity contribution in [3.8, 4) is 11.5 Å². The Hall–Kier alpha value is -3.35. The first-order valence-corrected chi connectivity index (χ1v) is 9.21. The number of rotatable bonds is 10. The molecule has 0 radical (unpaired) electrons. The van der Waals surface area contributed by atoms with Crippen molar-refractivity contribution in [2.75, 3.05) is 37.9 Å². The molecule has 0 spiro atoms. The molecule has 2 aromatic carbocycles. The van der Waals surface area contributed by atoms with Crippen molar-refractivity contribution in [3.63, 3.8) is 0 Å². The highest BCUT2D eigenvalue weighted by atomic mass is 16.5. The number of anilines is 2. The minimum absolute atomic E-state index is 0.505. The summed E-state index contributed by atoms with van der Waals surface area (Å²) in [7, 11) is 3.26. The van der Waals surface area contributed by atoms with Crippen molar-refractivity contribution in [2.45, 2.75) is 12.8 Å². The highest BCUT2D eigenvalue weighted by molar-refractivity contribution is 5.43. The van der Waals surface area contributed by atoms with Gasteiger partial charge in [-0.05, 0) is 36.1 Å². The van der Waals surface area contributed by atoms with E-state index in [4.69, 9.17) is 9.47 Å². The number of aromatic nitrogens is 3. The van der Waals surface area contributed by atoms with Gasteiger partial charge in [-0.15, -0.1) is 5.10 Å². The van der Waals surface area contributed by atoms with Gasteiger partial charge in [0.25, 0.3) is 0 Å². The van der Waals surface area contributed by atoms with Crippen LogP contribution in [0.1, 0.15) is 11.1 Å². The van der Waals surface area contributed by atoms with E-state index < -0.39 is 0 Å². The zero-order valence-electron chi connectivity index (χ0n) is 16.2. The number of ether oxygens (including phenoxy) is 2. The van der Waals surface area contributed by atoms with Gasteiger partial charge in [-0.25, -0.2) is 0 Å². The number of benzene rings is 2. The Morgan fingerprint density at radius 1 is 0.821 bits per heavy atom. The molecule has 3 rings (SSSR count). The van der Waals surface area contributed by atoms with Gasteiger partial charge in [-0.2, -0.15) is 10.1 Å². The molecule has 0 fully saturated rings. The first kappa shape index (κ1) is 19.4. The molecule has 0 aliphatic rings. The maximum atomic E-state index is 5.34. The molecule has 28 heavy (non-hydrogen) atoms. The topological polar surface area (TPSA) is 81.2 Å². The molecule has 1 heterocycles. The molecule has 146 valence electrons. The van der Waals surface area contributed by atoms with Gasteiger partial charge in [0.2, 0.25) is 5.95 Å². The molecule has 0 unspecified atom stereocenters. The molecule has 0 amide bonds. The van der Waals surface area contributed by atoms with E-state index >= 15 is 0 Å². The van der Waals surface area contributed by atoms with E-state index in [1.807, 2.05) is 36.4 Å². The minimum atomic E-state index is 0.505. The average molecular weight is 379 g/mol. The summed E-state index contributed by atoms with van der Waals surface area (Å²) in [6, 6.07) is 16.2. The molecule has 1 aromatic heterocycles. The van der Waals surface area contributed by atoms with Crippen molar-refractivity contribution in [1.82, 2.24) is 15.2 Å². The van der Waals surface area contributed by atoms with Crippen LogP contribution in [-0.2, 0) is 12.8 Å². The highest BCUT2D eigenvalue weighted by Crippen LogP contribution is 2.27. The fraction of sp³-hybridized carbons (Fsp3) is 0.286. The second-order valence-electron chi connectivity index (χ2n) is 6.19. The molecule has 2 N–H and O–H groups in total. The van der Waals surface area contributed by atoms with Gasteiger partial charge in [0.05, 0.1) is 20.4 Å². The van der Waals surface area contributed by atoms with Crippen molar-refractivity contribution in [1.29, 1.82) is 0 Å². The minimum Gasteiger partial charge on any atom is -0.493 e. The van der Waals surface area contributed by atoms with Crippen molar-refractivity contribution < 1.29 is 9.47 Å². The second-order valence-corrected chi connectivity index (χ2v) is 6.19. The van der Waals surface area contributed by atoms with Gasteiger partial charge in [-0.1, -0.05) is 36.4 Å². The highest BCUT2D eigenvalue weighted by Gasteiger charge is 2.05. The van der Waals surface area contributed by atoms with Crippen LogP contribution in [0.2, 0.25) is 0 Å². The van der Waals surface area contributed by atoms with Gasteiger partial charge in [0.15, 0.2) is 17.3 Å². The molecule has 0 saturated carbocycles. The summed E-state index contributed by atoms with van der Waals surface area (Å²) in [4.78, 5) is 4.46. The number of nitrogens with zero attached hydrogens (tertiary/aromatic N) is 3. The molecule has 0 aliphatic carbocycles. The van der Waals surface area contributed by atoms with Crippen LogP contribution >= 0.6 is 0 Å². The van der Waals surface area contributed by atoms with Crippen molar-refractivity contribution >= 4 is 11.8 Å². The van der Waals surface area contributed by atoms with E-state index in [1.54, 1.807) is 20.4 Å². The van der Waals surface area contributed by atoms with E-state index in [1.165, 1.54) is 5.56 Å². The van der Waals surface area contributed by atoms with Gasteiger partial charge >= 0.3 is 0 Å².